The summed E-state index contributed by atoms with van der Waals surface area (Å²) in [6.07, 6.45) is 0. The quantitative estimate of drug-likeness (QED) is 0.509. The zero-order valence-corrected chi connectivity index (χ0v) is 15.1. The summed E-state index contributed by atoms with van der Waals surface area (Å²) in [6, 6.07) is 14.2. The molecule has 9 heteroatoms. The number of nitrogens with two attached hydrogens (primary N) is 1. The molecule has 3 aromatic rings. The van der Waals surface area contributed by atoms with Gasteiger partial charge in [0.1, 0.15) is 0 Å². The Morgan fingerprint density at radius 3 is 2.72 bits per heavy atom. The van der Waals surface area contributed by atoms with Gasteiger partial charge in [-0.15, -0.1) is 10.2 Å². The van der Waals surface area contributed by atoms with Crippen LogP contribution in [0.4, 0.5) is 5.69 Å². The third-order valence-electron chi connectivity index (χ3n) is 3.23. The number of nitrogens with zero attached hydrogens (tertiary/aromatic N) is 3. The molecule has 0 aliphatic rings. The largest absolute Gasteiger partial charge is 0.335 e. The molecule has 1 heterocycles. The zero-order valence-electron chi connectivity index (χ0n) is 12.8. The summed E-state index contributed by atoms with van der Waals surface area (Å²) in [4.78, 5) is 12.1. The molecular weight excluding hydrogens is 381 g/mol. The van der Waals surface area contributed by atoms with Crippen LogP contribution in [-0.4, -0.2) is 26.5 Å². The molecule has 0 saturated heterocycles. The number of hydrogen-bond donors (Lipinski definition) is 2. The van der Waals surface area contributed by atoms with Crippen molar-refractivity contribution in [2.45, 2.75) is 5.16 Å². The summed E-state index contributed by atoms with van der Waals surface area (Å²) in [5, 5.41) is 12.3. The van der Waals surface area contributed by atoms with Gasteiger partial charge in [0.25, 0.3) is 0 Å². The van der Waals surface area contributed by atoms with E-state index in [1.165, 1.54) is 16.4 Å². The van der Waals surface area contributed by atoms with Crippen LogP contribution in [0.25, 0.3) is 11.4 Å². The summed E-state index contributed by atoms with van der Waals surface area (Å²) < 4.78 is 1.33. The number of anilines is 1. The number of amides is 1. The summed E-state index contributed by atoms with van der Waals surface area (Å²) in [5.41, 5.74) is 1.30. The minimum absolute atomic E-state index is 0.121. The highest BCUT2D eigenvalue weighted by atomic mass is 35.5. The van der Waals surface area contributed by atoms with Crippen LogP contribution in [0.2, 0.25) is 10.0 Å². The number of halogens is 2. The molecule has 0 saturated carbocycles. The van der Waals surface area contributed by atoms with E-state index in [1.54, 1.807) is 42.5 Å². The van der Waals surface area contributed by atoms with Gasteiger partial charge in [0.05, 0.1) is 16.5 Å². The van der Waals surface area contributed by atoms with Crippen molar-refractivity contribution < 1.29 is 4.79 Å². The first-order chi connectivity index (χ1) is 12.0. The Labute approximate surface area is 158 Å². The van der Waals surface area contributed by atoms with Crippen LogP contribution in [0.1, 0.15) is 0 Å². The molecule has 3 rings (SSSR count). The molecule has 2 aromatic carbocycles. The fraction of sp³-hybridized carbons (Fsp3) is 0.0625. The lowest BCUT2D eigenvalue weighted by Crippen LogP contribution is -2.16. The molecule has 1 amide bonds. The smallest absolute Gasteiger partial charge is 0.234 e. The SMILES string of the molecule is Nn1c(SCC(=O)Nc2ccccc2Cl)nnc1-c1cccc(Cl)c1. The maximum absolute atomic E-state index is 12.1. The second kappa shape index (κ2) is 7.77. The number of benzene rings is 2. The number of carbonyl (C=O) groups excluding carboxylic acids is 1. The number of para-hydroxylation sites is 1. The van der Waals surface area contributed by atoms with Crippen molar-refractivity contribution in [2.24, 2.45) is 0 Å². The number of nitrogen functional groups attached to an aromatic ring is 1. The molecule has 0 spiro atoms. The van der Waals surface area contributed by atoms with Crippen LogP contribution in [0.15, 0.2) is 53.7 Å². The van der Waals surface area contributed by atoms with Crippen molar-refractivity contribution in [3.63, 3.8) is 0 Å². The summed E-state index contributed by atoms with van der Waals surface area (Å²) in [7, 11) is 0. The lowest BCUT2D eigenvalue weighted by atomic mass is 10.2. The molecule has 0 fully saturated rings. The van der Waals surface area contributed by atoms with E-state index in [4.69, 9.17) is 29.0 Å². The van der Waals surface area contributed by atoms with E-state index in [1.807, 2.05) is 6.07 Å². The highest BCUT2D eigenvalue weighted by Gasteiger charge is 2.14. The molecule has 6 nitrogen and oxygen atoms in total. The molecular formula is C16H13Cl2N5OS. The van der Waals surface area contributed by atoms with E-state index in [0.29, 0.717) is 26.7 Å². The Morgan fingerprint density at radius 2 is 1.96 bits per heavy atom. The fourth-order valence-electron chi connectivity index (χ4n) is 2.08. The second-order valence-electron chi connectivity index (χ2n) is 5.00. The van der Waals surface area contributed by atoms with Gasteiger partial charge >= 0.3 is 0 Å². The van der Waals surface area contributed by atoms with Crippen molar-refractivity contribution in [3.8, 4) is 11.4 Å². The van der Waals surface area contributed by atoms with Gasteiger partial charge < -0.3 is 11.2 Å². The van der Waals surface area contributed by atoms with Crippen LogP contribution < -0.4 is 11.2 Å². The van der Waals surface area contributed by atoms with E-state index in [2.05, 4.69) is 15.5 Å². The molecule has 0 radical (unpaired) electrons. The molecule has 0 unspecified atom stereocenters. The predicted molar refractivity (Wildman–Crippen MR) is 101 cm³/mol. The molecule has 0 aliphatic heterocycles. The number of rotatable bonds is 5. The van der Waals surface area contributed by atoms with Crippen molar-refractivity contribution in [1.29, 1.82) is 0 Å². The van der Waals surface area contributed by atoms with E-state index < -0.39 is 0 Å². The van der Waals surface area contributed by atoms with Gasteiger partial charge in [-0.3, -0.25) is 4.79 Å². The lowest BCUT2D eigenvalue weighted by Gasteiger charge is -2.07. The Kier molecular flexibility index (Phi) is 5.47. The predicted octanol–water partition coefficient (Wildman–Crippen LogP) is 3.70. The lowest BCUT2D eigenvalue weighted by molar-refractivity contribution is -0.113. The van der Waals surface area contributed by atoms with Crippen molar-refractivity contribution in [1.82, 2.24) is 14.9 Å². The zero-order chi connectivity index (χ0) is 17.8. The number of hydrogen-bond acceptors (Lipinski definition) is 5. The number of carbonyl (C=O) groups is 1. The number of thioether (sulfide) groups is 1. The van der Waals surface area contributed by atoms with Crippen LogP contribution >= 0.6 is 35.0 Å². The van der Waals surface area contributed by atoms with Crippen LogP contribution in [0, 0.1) is 0 Å². The first-order valence-electron chi connectivity index (χ1n) is 7.18. The summed E-state index contributed by atoms with van der Waals surface area (Å²) in [6.45, 7) is 0. The molecule has 0 bridgehead atoms. The highest BCUT2D eigenvalue weighted by molar-refractivity contribution is 7.99. The van der Waals surface area contributed by atoms with Crippen molar-refractivity contribution in [3.05, 3.63) is 58.6 Å². The van der Waals surface area contributed by atoms with E-state index >= 15 is 0 Å². The normalized spacial score (nSPS) is 10.6. The molecule has 128 valence electrons. The summed E-state index contributed by atoms with van der Waals surface area (Å²) in [5.74, 6) is 6.40. The average Bonchev–Trinajstić information content (AvgIpc) is 2.96. The molecule has 3 N–H and O–H groups in total. The molecule has 25 heavy (non-hydrogen) atoms. The van der Waals surface area contributed by atoms with Crippen LogP contribution in [0.5, 0.6) is 0 Å². The Hall–Kier alpha value is -2.22. The van der Waals surface area contributed by atoms with Gasteiger partial charge in [-0.25, -0.2) is 4.68 Å². The van der Waals surface area contributed by atoms with Crippen LogP contribution in [-0.2, 0) is 4.79 Å². The van der Waals surface area contributed by atoms with Gasteiger partial charge in [-0.1, -0.05) is 59.2 Å². The van der Waals surface area contributed by atoms with Crippen molar-refractivity contribution >= 4 is 46.6 Å². The van der Waals surface area contributed by atoms with Gasteiger partial charge in [0.15, 0.2) is 5.82 Å². The molecule has 0 atom stereocenters. The fourth-order valence-corrected chi connectivity index (χ4v) is 3.11. The maximum atomic E-state index is 12.1. The van der Waals surface area contributed by atoms with Crippen molar-refractivity contribution in [2.75, 3.05) is 16.9 Å². The second-order valence-corrected chi connectivity index (χ2v) is 6.79. The Balaban J connectivity index is 1.66. The topological polar surface area (TPSA) is 85.8 Å². The van der Waals surface area contributed by atoms with E-state index in [-0.39, 0.29) is 11.7 Å². The monoisotopic (exact) mass is 393 g/mol. The third-order valence-corrected chi connectivity index (χ3v) is 4.74. The number of aromatic nitrogens is 3. The van der Waals surface area contributed by atoms with Gasteiger partial charge in [-0.2, -0.15) is 0 Å². The van der Waals surface area contributed by atoms with E-state index in [9.17, 15) is 4.79 Å². The maximum Gasteiger partial charge on any atom is 0.234 e. The summed E-state index contributed by atoms with van der Waals surface area (Å²) >= 11 is 13.2. The Morgan fingerprint density at radius 1 is 1.16 bits per heavy atom. The van der Waals surface area contributed by atoms with Gasteiger partial charge in [-0.05, 0) is 24.3 Å². The minimum atomic E-state index is -0.217. The van der Waals surface area contributed by atoms with Gasteiger partial charge in [0.2, 0.25) is 11.1 Å². The standard InChI is InChI=1S/C16H13Cl2N5OS/c17-11-5-3-4-10(8-11)15-21-22-16(23(15)19)25-9-14(24)20-13-7-2-1-6-12(13)18/h1-8H,9,19H2,(H,20,24). The molecule has 0 aliphatic carbocycles. The first-order valence-corrected chi connectivity index (χ1v) is 8.92. The third kappa shape index (κ3) is 4.25. The van der Waals surface area contributed by atoms with Gasteiger partial charge in [0, 0.05) is 10.6 Å². The Bertz CT molecular complexity index is 915. The van der Waals surface area contributed by atoms with Crippen LogP contribution in [0.3, 0.4) is 0 Å². The minimum Gasteiger partial charge on any atom is -0.335 e. The first kappa shape index (κ1) is 17.6. The van der Waals surface area contributed by atoms with E-state index in [0.717, 1.165) is 5.56 Å². The highest BCUT2D eigenvalue weighted by Crippen LogP contribution is 2.24. The molecule has 1 aromatic heterocycles. The number of nitrogens with one attached hydrogen (secondary N) is 1. The average molecular weight is 394 g/mol.